The van der Waals surface area contributed by atoms with Crippen LogP contribution in [0.15, 0.2) is 24.4 Å². The average Bonchev–Trinajstić information content (AvgIpc) is 3.12. The number of carboxylic acids is 1. The summed E-state index contributed by atoms with van der Waals surface area (Å²) in [6.45, 7) is 2.14. The second-order valence-corrected chi connectivity index (χ2v) is 9.30. The van der Waals surface area contributed by atoms with Crippen LogP contribution in [0.2, 0.25) is 0 Å². The number of amides is 1. The second kappa shape index (κ2) is 9.85. The lowest BCUT2D eigenvalue weighted by atomic mass is 9.87. The Morgan fingerprint density at radius 3 is 2.64 bits per heavy atom. The van der Waals surface area contributed by atoms with E-state index < -0.39 is 5.97 Å². The van der Waals surface area contributed by atoms with Gasteiger partial charge in [-0.3, -0.25) is 9.48 Å². The molecule has 0 radical (unpaired) electrons. The van der Waals surface area contributed by atoms with Crippen molar-refractivity contribution in [2.24, 2.45) is 13.0 Å². The van der Waals surface area contributed by atoms with Gasteiger partial charge in [0, 0.05) is 25.7 Å². The molecule has 2 fully saturated rings. The van der Waals surface area contributed by atoms with Gasteiger partial charge in [-0.1, -0.05) is 6.07 Å². The summed E-state index contributed by atoms with van der Waals surface area (Å²) in [4.78, 5) is 25.4. The van der Waals surface area contributed by atoms with Gasteiger partial charge < -0.3 is 19.5 Å². The van der Waals surface area contributed by atoms with Crippen LogP contribution in [0.4, 0.5) is 4.79 Å². The Morgan fingerprint density at radius 1 is 1.21 bits per heavy atom. The van der Waals surface area contributed by atoms with E-state index in [0.717, 1.165) is 66.7 Å². The summed E-state index contributed by atoms with van der Waals surface area (Å²) in [5.41, 5.74) is 3.68. The van der Waals surface area contributed by atoms with Gasteiger partial charge in [0.25, 0.3) is 0 Å². The molecule has 2 aliphatic carbocycles. The van der Waals surface area contributed by atoms with Gasteiger partial charge in [0.15, 0.2) is 0 Å². The molecule has 2 saturated carbocycles. The van der Waals surface area contributed by atoms with Gasteiger partial charge in [-0.2, -0.15) is 5.10 Å². The quantitative estimate of drug-likeness (QED) is 0.659. The van der Waals surface area contributed by atoms with Crippen molar-refractivity contribution in [2.75, 3.05) is 7.05 Å². The Balaban J connectivity index is 1.43. The molecule has 178 valence electrons. The fourth-order valence-corrected chi connectivity index (χ4v) is 4.64. The molecule has 1 aromatic carbocycles. The van der Waals surface area contributed by atoms with Crippen LogP contribution < -0.4 is 4.74 Å². The highest BCUT2D eigenvalue weighted by Gasteiger charge is 2.29. The zero-order valence-electron chi connectivity index (χ0n) is 19.6. The molecule has 33 heavy (non-hydrogen) atoms. The highest BCUT2D eigenvalue weighted by molar-refractivity contribution is 5.70. The van der Waals surface area contributed by atoms with E-state index in [-0.39, 0.29) is 30.8 Å². The number of aryl methyl sites for hydroxylation is 2. The molecule has 1 heterocycles. The van der Waals surface area contributed by atoms with Gasteiger partial charge in [-0.25, -0.2) is 4.79 Å². The van der Waals surface area contributed by atoms with Gasteiger partial charge in [0.2, 0.25) is 0 Å². The fourth-order valence-electron chi connectivity index (χ4n) is 4.64. The number of rotatable bonds is 7. The molecule has 0 bridgehead atoms. The number of carbonyl (C=O) groups is 2. The summed E-state index contributed by atoms with van der Waals surface area (Å²) < 4.78 is 13.5. The first-order valence-corrected chi connectivity index (χ1v) is 11.7. The first-order chi connectivity index (χ1) is 15.8. The summed E-state index contributed by atoms with van der Waals surface area (Å²) in [6, 6.07) is 6.23. The number of hydrogen-bond donors (Lipinski definition) is 1. The molecular formula is C25H33N3O5. The largest absolute Gasteiger partial charge is 0.490 e. The van der Waals surface area contributed by atoms with Gasteiger partial charge >= 0.3 is 12.1 Å². The number of hydrogen-bond acceptors (Lipinski definition) is 5. The molecular weight excluding hydrogens is 422 g/mol. The average molecular weight is 456 g/mol. The molecule has 8 nitrogen and oxygen atoms in total. The molecule has 8 heteroatoms. The number of carboxylic acid groups (broad SMARTS) is 1. The molecule has 2 atom stereocenters. The van der Waals surface area contributed by atoms with Crippen LogP contribution in [-0.2, 0) is 23.2 Å². The number of aromatic nitrogens is 2. The highest BCUT2D eigenvalue weighted by atomic mass is 16.6. The molecule has 2 aromatic rings. The van der Waals surface area contributed by atoms with Gasteiger partial charge in [-0.15, -0.1) is 0 Å². The molecule has 0 saturated heterocycles. The number of benzene rings is 1. The third-order valence-corrected chi connectivity index (χ3v) is 7.06. The summed E-state index contributed by atoms with van der Waals surface area (Å²) in [6.07, 6.45) is 7.64. The van der Waals surface area contributed by atoms with Crippen LogP contribution in [0.5, 0.6) is 5.75 Å². The van der Waals surface area contributed by atoms with Crippen molar-refractivity contribution < 1.29 is 24.2 Å². The van der Waals surface area contributed by atoms with Crippen LogP contribution in [0.3, 0.4) is 0 Å². The van der Waals surface area contributed by atoms with Crippen LogP contribution in [0, 0.1) is 12.8 Å². The summed E-state index contributed by atoms with van der Waals surface area (Å²) >= 11 is 0. The Kier molecular flexibility index (Phi) is 6.91. The molecule has 4 rings (SSSR count). The number of carbonyl (C=O) groups excluding carboxylic acids is 1. The minimum absolute atomic E-state index is 0.0783. The lowest BCUT2D eigenvalue weighted by molar-refractivity contribution is -0.143. The smallest absolute Gasteiger partial charge is 0.410 e. The lowest BCUT2D eigenvalue weighted by Crippen LogP contribution is -2.41. The Bertz CT molecular complexity index is 1010. The topological polar surface area (TPSA) is 93.9 Å². The van der Waals surface area contributed by atoms with E-state index in [1.807, 2.05) is 32.2 Å². The normalized spacial score (nSPS) is 20.7. The van der Waals surface area contributed by atoms with Crippen LogP contribution >= 0.6 is 0 Å². The number of nitrogens with zero attached hydrogens (tertiary/aromatic N) is 3. The minimum atomic E-state index is -0.737. The molecule has 0 spiro atoms. The SMILES string of the molecule is Cc1cc(-c2cnn(C)c2COC(=O)N(C)C2CCC2)ccc1O[C@H]1CCC[C@H](C(=O)O)C1. The van der Waals surface area contributed by atoms with Crippen molar-refractivity contribution in [2.45, 2.75) is 70.6 Å². The fraction of sp³-hybridized carbons (Fsp3) is 0.560. The summed E-state index contributed by atoms with van der Waals surface area (Å²) in [7, 11) is 3.64. The van der Waals surface area contributed by atoms with Crippen LogP contribution in [-0.4, -0.2) is 51.0 Å². The highest BCUT2D eigenvalue weighted by Crippen LogP contribution is 2.33. The second-order valence-electron chi connectivity index (χ2n) is 9.30. The van der Waals surface area contributed by atoms with Crippen molar-refractivity contribution in [3.63, 3.8) is 0 Å². The van der Waals surface area contributed by atoms with Crippen molar-refractivity contribution in [1.29, 1.82) is 0 Å². The standard InChI is InChI=1S/C25H33N3O5/c1-16-12-17(10-11-23(16)33-20-9-4-6-18(13-20)24(29)30)21-14-26-28(3)22(21)15-32-25(31)27(2)19-7-5-8-19/h10-12,14,18-20H,4-9,13,15H2,1-3H3,(H,29,30)/t18-,20-/m0/s1. The zero-order valence-corrected chi connectivity index (χ0v) is 19.6. The predicted octanol–water partition coefficient (Wildman–Crippen LogP) is 4.54. The Labute approximate surface area is 194 Å². The van der Waals surface area contributed by atoms with E-state index in [9.17, 15) is 14.7 Å². The first-order valence-electron chi connectivity index (χ1n) is 11.7. The molecule has 2 aliphatic rings. The van der Waals surface area contributed by atoms with Crippen molar-refractivity contribution in [3.05, 3.63) is 35.7 Å². The summed E-state index contributed by atoms with van der Waals surface area (Å²) in [5.74, 6) is -0.292. The molecule has 1 aromatic heterocycles. The van der Waals surface area contributed by atoms with Gasteiger partial charge in [-0.05, 0) is 75.1 Å². The maximum atomic E-state index is 12.4. The maximum Gasteiger partial charge on any atom is 0.410 e. The van der Waals surface area contributed by atoms with E-state index in [1.165, 1.54) is 0 Å². The molecule has 0 aliphatic heterocycles. The van der Waals surface area contributed by atoms with E-state index in [2.05, 4.69) is 5.10 Å². The molecule has 1 amide bonds. The maximum absolute atomic E-state index is 12.4. The summed E-state index contributed by atoms with van der Waals surface area (Å²) in [5, 5.41) is 13.7. The third-order valence-electron chi connectivity index (χ3n) is 7.06. The van der Waals surface area contributed by atoms with E-state index >= 15 is 0 Å². The first kappa shape index (κ1) is 23.1. The van der Waals surface area contributed by atoms with E-state index in [4.69, 9.17) is 9.47 Å². The monoisotopic (exact) mass is 455 g/mol. The molecule has 0 unspecified atom stereocenters. The molecule has 1 N–H and O–H groups in total. The Hall–Kier alpha value is -3.03. The van der Waals surface area contributed by atoms with E-state index in [1.54, 1.807) is 22.8 Å². The Morgan fingerprint density at radius 2 is 1.97 bits per heavy atom. The van der Waals surface area contributed by atoms with Crippen LogP contribution in [0.25, 0.3) is 11.1 Å². The minimum Gasteiger partial charge on any atom is -0.490 e. The lowest BCUT2D eigenvalue weighted by Gasteiger charge is -2.33. The van der Waals surface area contributed by atoms with Crippen molar-refractivity contribution in [1.82, 2.24) is 14.7 Å². The zero-order chi connectivity index (χ0) is 23.5. The van der Waals surface area contributed by atoms with Crippen molar-refractivity contribution >= 4 is 12.1 Å². The predicted molar refractivity (Wildman–Crippen MR) is 123 cm³/mol. The van der Waals surface area contributed by atoms with Crippen LogP contribution in [0.1, 0.15) is 56.2 Å². The third kappa shape index (κ3) is 5.15. The van der Waals surface area contributed by atoms with E-state index in [0.29, 0.717) is 6.42 Å². The van der Waals surface area contributed by atoms with Gasteiger partial charge in [0.1, 0.15) is 12.4 Å². The number of aliphatic carboxylic acids is 1. The van der Waals surface area contributed by atoms with Gasteiger partial charge in [0.05, 0.1) is 23.9 Å². The van der Waals surface area contributed by atoms with Crippen molar-refractivity contribution in [3.8, 4) is 16.9 Å². The number of ether oxygens (including phenoxy) is 2.